The first-order chi connectivity index (χ1) is 11.0. The smallest absolute Gasteiger partial charge is 0.261 e. The first-order valence-electron chi connectivity index (χ1n) is 8.24. The van der Waals surface area contributed by atoms with E-state index in [1.54, 1.807) is 11.3 Å². The molecule has 3 nitrogen and oxygen atoms in total. The molecule has 0 fully saturated rings. The first-order valence-corrected chi connectivity index (χ1v) is 9.05. The van der Waals surface area contributed by atoms with Crippen LogP contribution in [0.15, 0.2) is 30.3 Å². The highest BCUT2D eigenvalue weighted by Gasteiger charge is 2.32. The molecule has 4 heteroatoms. The molecule has 0 spiro atoms. The minimum Gasteiger partial charge on any atom is -0.351 e. The number of carbonyl (C=O) groups is 1. The second kappa shape index (κ2) is 6.46. The highest BCUT2D eigenvalue weighted by Crippen LogP contribution is 2.46. The Morgan fingerprint density at radius 3 is 2.87 bits per heavy atom. The zero-order valence-corrected chi connectivity index (χ0v) is 14.6. The fourth-order valence-corrected chi connectivity index (χ4v) is 4.44. The molecule has 1 aromatic carbocycles. The summed E-state index contributed by atoms with van der Waals surface area (Å²) in [7, 11) is 0. The summed E-state index contributed by atoms with van der Waals surface area (Å²) in [5.74, 6) is 0.0386. The molecule has 1 aromatic heterocycles. The summed E-state index contributed by atoms with van der Waals surface area (Å²) in [6.07, 6.45) is 2.86. The lowest BCUT2D eigenvalue weighted by atomic mass is 9.73. The van der Waals surface area contributed by atoms with E-state index >= 15 is 0 Å². The molecule has 0 bridgehead atoms. The molecule has 0 unspecified atom stereocenters. The average Bonchev–Trinajstić information content (AvgIpc) is 2.95. The van der Waals surface area contributed by atoms with Crippen molar-refractivity contribution in [2.24, 2.45) is 5.73 Å². The van der Waals surface area contributed by atoms with E-state index in [0.717, 1.165) is 24.1 Å². The number of hydrogen-bond donors (Lipinski definition) is 2. The molecule has 1 heterocycles. The van der Waals surface area contributed by atoms with Gasteiger partial charge >= 0.3 is 0 Å². The van der Waals surface area contributed by atoms with Crippen molar-refractivity contribution < 1.29 is 4.79 Å². The normalized spacial score (nSPS) is 14.9. The third kappa shape index (κ3) is 3.19. The fourth-order valence-electron chi connectivity index (χ4n) is 3.30. The van der Waals surface area contributed by atoms with Gasteiger partial charge in [0, 0.05) is 11.4 Å². The van der Waals surface area contributed by atoms with Gasteiger partial charge in [0.1, 0.15) is 0 Å². The van der Waals surface area contributed by atoms with Crippen LogP contribution in [0.3, 0.4) is 0 Å². The topological polar surface area (TPSA) is 55.1 Å². The van der Waals surface area contributed by atoms with Crippen molar-refractivity contribution in [2.45, 2.75) is 38.5 Å². The summed E-state index contributed by atoms with van der Waals surface area (Å²) < 4.78 is 0. The predicted molar refractivity (Wildman–Crippen MR) is 97.1 cm³/mol. The van der Waals surface area contributed by atoms with Crippen LogP contribution in [0.4, 0.5) is 0 Å². The molecular weight excluding hydrogens is 304 g/mol. The number of nitrogens with two attached hydrogens (primary N) is 1. The molecular formula is C19H24N2OS. The molecule has 3 N–H and O–H groups in total. The number of thiophene rings is 1. The number of carbonyl (C=O) groups excluding carboxylic acids is 1. The minimum absolute atomic E-state index is 0.0386. The number of fused-ring (bicyclic) bond motifs is 3. The van der Waals surface area contributed by atoms with Crippen molar-refractivity contribution in [3.63, 3.8) is 0 Å². The zero-order valence-electron chi connectivity index (χ0n) is 13.8. The Bertz CT molecular complexity index is 718. The lowest BCUT2D eigenvalue weighted by Crippen LogP contribution is -2.25. The van der Waals surface area contributed by atoms with Gasteiger partial charge in [-0.15, -0.1) is 11.3 Å². The van der Waals surface area contributed by atoms with Gasteiger partial charge in [-0.25, -0.2) is 0 Å². The number of amides is 1. The minimum atomic E-state index is 0.0386. The Balaban J connectivity index is 1.85. The number of hydrogen-bond acceptors (Lipinski definition) is 3. The van der Waals surface area contributed by atoms with Gasteiger partial charge in [-0.3, -0.25) is 4.79 Å². The SMILES string of the molecule is CC1(C)Cc2cc(C(=O)NCCCCN)sc2-c2ccccc21. The fraction of sp³-hybridized carbons (Fsp3) is 0.421. The first kappa shape index (κ1) is 16.2. The van der Waals surface area contributed by atoms with Crippen molar-refractivity contribution in [1.29, 1.82) is 0 Å². The van der Waals surface area contributed by atoms with Crippen molar-refractivity contribution in [2.75, 3.05) is 13.1 Å². The third-order valence-electron chi connectivity index (χ3n) is 4.48. The Morgan fingerprint density at radius 2 is 2.09 bits per heavy atom. The summed E-state index contributed by atoms with van der Waals surface area (Å²) in [5, 5.41) is 3.00. The number of nitrogens with one attached hydrogen (secondary N) is 1. The maximum atomic E-state index is 12.4. The molecule has 122 valence electrons. The zero-order chi connectivity index (χ0) is 16.4. The Labute approximate surface area is 141 Å². The molecule has 2 aromatic rings. The second-order valence-corrected chi connectivity index (χ2v) is 7.88. The molecule has 3 rings (SSSR count). The quantitative estimate of drug-likeness (QED) is 0.822. The lowest BCUT2D eigenvalue weighted by molar-refractivity contribution is 0.0957. The van der Waals surface area contributed by atoms with Crippen LogP contribution in [-0.4, -0.2) is 19.0 Å². The third-order valence-corrected chi connectivity index (χ3v) is 5.69. The Kier molecular flexibility index (Phi) is 4.55. The van der Waals surface area contributed by atoms with Crippen LogP contribution in [0.25, 0.3) is 10.4 Å². The van der Waals surface area contributed by atoms with Gasteiger partial charge in [0.25, 0.3) is 5.91 Å². The molecule has 0 atom stereocenters. The highest BCUT2D eigenvalue weighted by atomic mass is 32.1. The van der Waals surface area contributed by atoms with Crippen LogP contribution in [0.1, 0.15) is 47.5 Å². The molecule has 23 heavy (non-hydrogen) atoms. The van der Waals surface area contributed by atoms with Crippen LogP contribution < -0.4 is 11.1 Å². The van der Waals surface area contributed by atoms with Crippen LogP contribution >= 0.6 is 11.3 Å². The Hall–Kier alpha value is -1.65. The van der Waals surface area contributed by atoms with E-state index in [4.69, 9.17) is 5.73 Å². The molecule has 0 radical (unpaired) electrons. The average molecular weight is 328 g/mol. The molecule has 1 aliphatic rings. The van der Waals surface area contributed by atoms with E-state index in [0.29, 0.717) is 13.1 Å². The number of rotatable bonds is 5. The van der Waals surface area contributed by atoms with Gasteiger partial charge in [0.05, 0.1) is 4.88 Å². The lowest BCUT2D eigenvalue weighted by Gasteiger charge is -2.32. The van der Waals surface area contributed by atoms with Crippen LogP contribution in [0.5, 0.6) is 0 Å². The molecule has 0 saturated heterocycles. The van der Waals surface area contributed by atoms with E-state index in [2.05, 4.69) is 49.5 Å². The van der Waals surface area contributed by atoms with Gasteiger partial charge in [0.2, 0.25) is 0 Å². The number of benzene rings is 1. The molecule has 0 aliphatic heterocycles. The van der Waals surface area contributed by atoms with Crippen LogP contribution in [0, 0.1) is 0 Å². The van der Waals surface area contributed by atoms with Crippen molar-refractivity contribution in [1.82, 2.24) is 5.32 Å². The second-order valence-electron chi connectivity index (χ2n) is 6.82. The van der Waals surface area contributed by atoms with Crippen molar-refractivity contribution >= 4 is 17.2 Å². The van der Waals surface area contributed by atoms with Crippen molar-refractivity contribution in [3.05, 3.63) is 46.3 Å². The summed E-state index contributed by atoms with van der Waals surface area (Å²) >= 11 is 1.61. The monoisotopic (exact) mass is 328 g/mol. The highest BCUT2D eigenvalue weighted by molar-refractivity contribution is 7.17. The van der Waals surface area contributed by atoms with Gasteiger partial charge in [0.15, 0.2) is 0 Å². The number of unbranched alkanes of at least 4 members (excludes halogenated alkanes) is 1. The van der Waals surface area contributed by atoms with E-state index in [1.165, 1.54) is 21.6 Å². The van der Waals surface area contributed by atoms with Crippen LogP contribution in [0.2, 0.25) is 0 Å². The summed E-state index contributed by atoms with van der Waals surface area (Å²) in [6, 6.07) is 10.6. The molecule has 0 saturated carbocycles. The van der Waals surface area contributed by atoms with E-state index in [-0.39, 0.29) is 11.3 Å². The maximum Gasteiger partial charge on any atom is 0.261 e. The Morgan fingerprint density at radius 1 is 1.30 bits per heavy atom. The largest absolute Gasteiger partial charge is 0.351 e. The van der Waals surface area contributed by atoms with E-state index in [9.17, 15) is 4.79 Å². The van der Waals surface area contributed by atoms with Gasteiger partial charge in [-0.2, -0.15) is 0 Å². The molecule has 1 aliphatic carbocycles. The van der Waals surface area contributed by atoms with Gasteiger partial charge in [-0.1, -0.05) is 38.1 Å². The molecule has 1 amide bonds. The maximum absolute atomic E-state index is 12.4. The van der Waals surface area contributed by atoms with Gasteiger partial charge in [-0.05, 0) is 54.0 Å². The summed E-state index contributed by atoms with van der Waals surface area (Å²) in [4.78, 5) is 14.4. The standard InChI is InChI=1S/C19H24N2OS/c1-19(2)12-13-11-16(18(22)21-10-6-5-9-20)23-17(13)14-7-3-4-8-15(14)19/h3-4,7-8,11H,5-6,9-10,12,20H2,1-2H3,(H,21,22). The van der Waals surface area contributed by atoms with Gasteiger partial charge < -0.3 is 11.1 Å². The summed E-state index contributed by atoms with van der Waals surface area (Å²) in [6.45, 7) is 5.92. The summed E-state index contributed by atoms with van der Waals surface area (Å²) in [5.41, 5.74) is 9.55. The predicted octanol–water partition coefficient (Wildman–Crippen LogP) is 3.72. The van der Waals surface area contributed by atoms with Crippen LogP contribution in [-0.2, 0) is 11.8 Å². The van der Waals surface area contributed by atoms with E-state index in [1.807, 2.05) is 0 Å². The van der Waals surface area contributed by atoms with E-state index < -0.39 is 0 Å². The van der Waals surface area contributed by atoms with Crippen molar-refractivity contribution in [3.8, 4) is 10.4 Å².